The quantitative estimate of drug-likeness (QED) is 0.690. The fourth-order valence-corrected chi connectivity index (χ4v) is 1.53. The topological polar surface area (TPSA) is 106 Å². The predicted molar refractivity (Wildman–Crippen MR) is 54.3 cm³/mol. The first kappa shape index (κ1) is 11.5. The van der Waals surface area contributed by atoms with E-state index in [9.17, 15) is 9.59 Å². The Morgan fingerprint density at radius 2 is 2.47 bits per heavy atom. The summed E-state index contributed by atoms with van der Waals surface area (Å²) < 4.78 is 6.22. The Morgan fingerprint density at radius 3 is 3.12 bits per heavy atom. The zero-order valence-electron chi connectivity index (χ0n) is 9.00. The van der Waals surface area contributed by atoms with Gasteiger partial charge in [0, 0.05) is 6.61 Å². The van der Waals surface area contributed by atoms with E-state index >= 15 is 0 Å². The van der Waals surface area contributed by atoms with Crippen molar-refractivity contribution in [3.63, 3.8) is 0 Å². The van der Waals surface area contributed by atoms with Gasteiger partial charge in [-0.2, -0.15) is 0 Å². The molecule has 0 radical (unpaired) electrons. The van der Waals surface area contributed by atoms with Crippen molar-refractivity contribution < 1.29 is 19.4 Å². The highest BCUT2D eigenvalue weighted by atomic mass is 16.5. The second-order valence-electron chi connectivity index (χ2n) is 3.73. The van der Waals surface area contributed by atoms with Gasteiger partial charge in [-0.05, 0) is 6.42 Å². The largest absolute Gasteiger partial charge is 0.480 e. The zero-order valence-corrected chi connectivity index (χ0v) is 9.00. The minimum atomic E-state index is -1.04. The maximum absolute atomic E-state index is 11.7. The molecule has 1 aliphatic rings. The molecule has 2 rings (SSSR count). The number of ether oxygens (including phenoxy) is 1. The van der Waals surface area contributed by atoms with Crippen LogP contribution in [0.1, 0.15) is 16.9 Å². The number of hydrogen-bond donors (Lipinski definition) is 2. The standard InChI is InChI=1S/C9H12N4O4/c14-8(15)4-13-3-7(11-12-13)9(16)10-6-1-2-17-5-6/h3,6H,1-2,4-5H2,(H,10,16)(H,14,15). The minimum Gasteiger partial charge on any atom is -0.480 e. The van der Waals surface area contributed by atoms with Crippen molar-refractivity contribution in [3.8, 4) is 0 Å². The van der Waals surface area contributed by atoms with Gasteiger partial charge in [-0.1, -0.05) is 5.21 Å². The molecular formula is C9H12N4O4. The third-order valence-corrected chi connectivity index (χ3v) is 2.33. The van der Waals surface area contributed by atoms with Gasteiger partial charge in [-0.3, -0.25) is 9.59 Å². The molecule has 1 unspecified atom stereocenters. The number of nitrogens with zero attached hydrogens (tertiary/aromatic N) is 3. The average molecular weight is 240 g/mol. The Kier molecular flexibility index (Phi) is 3.33. The smallest absolute Gasteiger partial charge is 0.325 e. The SMILES string of the molecule is O=C(O)Cn1cc(C(=O)NC2CCOC2)nn1. The van der Waals surface area contributed by atoms with Gasteiger partial charge < -0.3 is 15.2 Å². The monoisotopic (exact) mass is 240 g/mol. The van der Waals surface area contributed by atoms with Crippen LogP contribution in [0.3, 0.4) is 0 Å². The van der Waals surface area contributed by atoms with Crippen LogP contribution in [0.15, 0.2) is 6.20 Å². The van der Waals surface area contributed by atoms with Crippen LogP contribution < -0.4 is 5.32 Å². The second kappa shape index (κ2) is 4.91. The Morgan fingerprint density at radius 1 is 1.65 bits per heavy atom. The van der Waals surface area contributed by atoms with E-state index in [4.69, 9.17) is 9.84 Å². The van der Waals surface area contributed by atoms with Crippen LogP contribution in [0.4, 0.5) is 0 Å². The van der Waals surface area contributed by atoms with Gasteiger partial charge in [0.1, 0.15) is 6.54 Å². The lowest BCUT2D eigenvalue weighted by Crippen LogP contribution is -2.35. The van der Waals surface area contributed by atoms with E-state index in [0.29, 0.717) is 13.2 Å². The molecule has 1 atom stereocenters. The molecule has 0 spiro atoms. The van der Waals surface area contributed by atoms with Crippen LogP contribution in [-0.2, 0) is 16.1 Å². The van der Waals surface area contributed by atoms with Gasteiger partial charge in [0.15, 0.2) is 5.69 Å². The number of carboxylic acids is 1. The molecule has 0 aromatic carbocycles. The van der Waals surface area contributed by atoms with Crippen LogP contribution in [0, 0.1) is 0 Å². The highest BCUT2D eigenvalue weighted by molar-refractivity contribution is 5.92. The number of rotatable bonds is 4. The first-order chi connectivity index (χ1) is 8.15. The first-order valence-corrected chi connectivity index (χ1v) is 5.15. The number of carbonyl (C=O) groups excluding carboxylic acids is 1. The lowest BCUT2D eigenvalue weighted by molar-refractivity contribution is -0.137. The molecular weight excluding hydrogens is 228 g/mol. The highest BCUT2D eigenvalue weighted by Gasteiger charge is 2.20. The molecule has 1 amide bonds. The van der Waals surface area contributed by atoms with Crippen LogP contribution in [0.25, 0.3) is 0 Å². The molecule has 92 valence electrons. The summed E-state index contributed by atoms with van der Waals surface area (Å²) in [5.41, 5.74) is 0.109. The molecule has 8 heteroatoms. The first-order valence-electron chi connectivity index (χ1n) is 5.15. The van der Waals surface area contributed by atoms with Crippen molar-refractivity contribution in [1.82, 2.24) is 20.3 Å². The number of aromatic nitrogens is 3. The fraction of sp³-hybridized carbons (Fsp3) is 0.556. The normalized spacial score (nSPS) is 19.2. The van der Waals surface area contributed by atoms with Gasteiger partial charge in [0.05, 0.1) is 18.8 Å². The number of amides is 1. The minimum absolute atomic E-state index is 0.00729. The molecule has 17 heavy (non-hydrogen) atoms. The maximum atomic E-state index is 11.7. The third-order valence-electron chi connectivity index (χ3n) is 2.33. The predicted octanol–water partition coefficient (Wildman–Crippen LogP) is -1.12. The summed E-state index contributed by atoms with van der Waals surface area (Å²) in [4.78, 5) is 22.1. The second-order valence-corrected chi connectivity index (χ2v) is 3.73. The number of carboxylic acid groups (broad SMARTS) is 1. The molecule has 8 nitrogen and oxygen atoms in total. The molecule has 0 bridgehead atoms. The van der Waals surface area contributed by atoms with E-state index in [1.54, 1.807) is 0 Å². The fourth-order valence-electron chi connectivity index (χ4n) is 1.53. The van der Waals surface area contributed by atoms with Gasteiger partial charge in [-0.25, -0.2) is 4.68 Å². The van der Waals surface area contributed by atoms with Crippen molar-refractivity contribution in [2.45, 2.75) is 19.0 Å². The van der Waals surface area contributed by atoms with Gasteiger partial charge in [0.2, 0.25) is 0 Å². The lowest BCUT2D eigenvalue weighted by atomic mass is 10.2. The summed E-state index contributed by atoms with van der Waals surface area (Å²) in [6, 6.07) is -0.00729. The highest BCUT2D eigenvalue weighted by Crippen LogP contribution is 2.04. The Hall–Kier alpha value is -1.96. The van der Waals surface area contributed by atoms with E-state index in [2.05, 4.69) is 15.6 Å². The Balaban J connectivity index is 1.94. The number of aliphatic carboxylic acids is 1. The molecule has 1 aromatic rings. The molecule has 2 heterocycles. The van der Waals surface area contributed by atoms with Crippen LogP contribution >= 0.6 is 0 Å². The summed E-state index contributed by atoms with van der Waals surface area (Å²) in [6.07, 6.45) is 2.08. The number of carbonyl (C=O) groups is 2. The van der Waals surface area contributed by atoms with E-state index in [-0.39, 0.29) is 24.2 Å². The summed E-state index contributed by atoms with van der Waals surface area (Å²) in [5, 5.41) is 18.4. The van der Waals surface area contributed by atoms with Crippen molar-refractivity contribution in [3.05, 3.63) is 11.9 Å². The van der Waals surface area contributed by atoms with E-state index in [0.717, 1.165) is 11.1 Å². The zero-order chi connectivity index (χ0) is 12.3. The molecule has 1 aliphatic heterocycles. The molecule has 0 aliphatic carbocycles. The van der Waals surface area contributed by atoms with Gasteiger partial charge in [-0.15, -0.1) is 5.10 Å². The van der Waals surface area contributed by atoms with Crippen LogP contribution in [0.2, 0.25) is 0 Å². The Labute approximate surface area is 96.6 Å². The summed E-state index contributed by atoms with van der Waals surface area (Å²) in [6.45, 7) is 0.818. The van der Waals surface area contributed by atoms with Gasteiger partial charge in [0.25, 0.3) is 5.91 Å². The number of nitrogens with one attached hydrogen (secondary N) is 1. The lowest BCUT2D eigenvalue weighted by Gasteiger charge is -2.07. The van der Waals surface area contributed by atoms with Crippen molar-refractivity contribution in [1.29, 1.82) is 0 Å². The Bertz CT molecular complexity index is 424. The van der Waals surface area contributed by atoms with E-state index in [1.807, 2.05) is 0 Å². The van der Waals surface area contributed by atoms with E-state index < -0.39 is 5.97 Å². The van der Waals surface area contributed by atoms with Crippen LogP contribution in [0.5, 0.6) is 0 Å². The molecule has 0 saturated carbocycles. The van der Waals surface area contributed by atoms with Crippen LogP contribution in [-0.4, -0.2) is 51.2 Å². The molecule has 2 N–H and O–H groups in total. The van der Waals surface area contributed by atoms with Crippen molar-refractivity contribution >= 4 is 11.9 Å². The summed E-state index contributed by atoms with van der Waals surface area (Å²) >= 11 is 0. The molecule has 1 saturated heterocycles. The van der Waals surface area contributed by atoms with E-state index in [1.165, 1.54) is 6.20 Å². The summed E-state index contributed by atoms with van der Waals surface area (Å²) in [5.74, 6) is -1.40. The van der Waals surface area contributed by atoms with Gasteiger partial charge >= 0.3 is 5.97 Å². The van der Waals surface area contributed by atoms with Crippen molar-refractivity contribution in [2.75, 3.05) is 13.2 Å². The molecule has 1 fully saturated rings. The third kappa shape index (κ3) is 3.00. The van der Waals surface area contributed by atoms with Crippen molar-refractivity contribution in [2.24, 2.45) is 0 Å². The maximum Gasteiger partial charge on any atom is 0.325 e. The molecule has 1 aromatic heterocycles. The average Bonchev–Trinajstić information content (AvgIpc) is 2.87. The number of hydrogen-bond acceptors (Lipinski definition) is 5. The summed E-state index contributed by atoms with van der Waals surface area (Å²) in [7, 11) is 0.